The number of aliphatic hydroxyl groups is 1. The maximum Gasteiger partial charge on any atom is 0.201 e. The van der Waals surface area contributed by atoms with E-state index in [1.807, 2.05) is 6.07 Å². The first-order chi connectivity index (χ1) is 6.40. The summed E-state index contributed by atoms with van der Waals surface area (Å²) in [4.78, 5) is 4.06. The average molecular weight is 176 g/mol. The van der Waals surface area contributed by atoms with Crippen LogP contribution in [0.2, 0.25) is 0 Å². The molecule has 0 bridgehead atoms. The summed E-state index contributed by atoms with van der Waals surface area (Å²) in [6.07, 6.45) is 5.10. The molecule has 0 saturated heterocycles. The Kier molecular flexibility index (Phi) is 2.01. The monoisotopic (exact) mass is 176 g/mol. The molecule has 0 unspecified atom stereocenters. The topological polar surface area (TPSA) is 74.7 Å². The van der Waals surface area contributed by atoms with Crippen molar-refractivity contribution in [1.82, 2.24) is 20.4 Å². The van der Waals surface area contributed by atoms with Gasteiger partial charge >= 0.3 is 0 Å². The van der Waals surface area contributed by atoms with Gasteiger partial charge in [0.25, 0.3) is 0 Å². The second-order valence-corrected chi connectivity index (χ2v) is 2.52. The van der Waals surface area contributed by atoms with Gasteiger partial charge in [-0.3, -0.25) is 0 Å². The third kappa shape index (κ3) is 1.54. The van der Waals surface area contributed by atoms with Crippen molar-refractivity contribution in [2.45, 2.75) is 0 Å². The zero-order valence-corrected chi connectivity index (χ0v) is 6.81. The molecule has 5 nitrogen and oxygen atoms in total. The van der Waals surface area contributed by atoms with Gasteiger partial charge in [-0.15, -0.1) is 5.10 Å². The second kappa shape index (κ2) is 3.32. The number of hydrogen-bond donors (Lipinski definition) is 2. The smallest absolute Gasteiger partial charge is 0.201 e. The molecule has 0 amide bonds. The van der Waals surface area contributed by atoms with Gasteiger partial charge in [-0.1, -0.05) is 12.2 Å². The molecule has 0 aliphatic heterocycles. The second-order valence-electron chi connectivity index (χ2n) is 2.52. The SMILES string of the molecule is OC/C=C/c1cnc2n[nH]nc2c1. The van der Waals surface area contributed by atoms with Gasteiger partial charge in [0.15, 0.2) is 0 Å². The molecule has 0 aliphatic carbocycles. The molecule has 2 N–H and O–H groups in total. The molecule has 0 aromatic carbocycles. The number of nitrogens with zero attached hydrogens (tertiary/aromatic N) is 3. The van der Waals surface area contributed by atoms with E-state index in [9.17, 15) is 0 Å². The van der Waals surface area contributed by atoms with Crippen LogP contribution in [0.15, 0.2) is 18.3 Å². The van der Waals surface area contributed by atoms with Crippen molar-refractivity contribution in [2.75, 3.05) is 6.61 Å². The molecule has 5 heteroatoms. The lowest BCUT2D eigenvalue weighted by atomic mass is 10.2. The lowest BCUT2D eigenvalue weighted by Crippen LogP contribution is -1.80. The number of aromatic amines is 1. The standard InChI is InChI=1S/C8H8N4O/c13-3-1-2-6-4-7-8(9-5-6)11-12-10-7/h1-2,4-5,13H,3H2,(H,9,10,11,12)/b2-1+. The third-order valence-electron chi connectivity index (χ3n) is 1.61. The summed E-state index contributed by atoms with van der Waals surface area (Å²) in [7, 11) is 0. The van der Waals surface area contributed by atoms with Crippen LogP contribution < -0.4 is 0 Å². The molecular formula is C8H8N4O. The summed E-state index contributed by atoms with van der Waals surface area (Å²) in [6.45, 7) is 0.0247. The van der Waals surface area contributed by atoms with Crippen LogP contribution in [0.3, 0.4) is 0 Å². The summed E-state index contributed by atoms with van der Waals surface area (Å²) in [6, 6.07) is 1.85. The fourth-order valence-corrected chi connectivity index (χ4v) is 1.04. The van der Waals surface area contributed by atoms with Crippen LogP contribution in [-0.2, 0) is 0 Å². The Labute approximate surface area is 74.1 Å². The van der Waals surface area contributed by atoms with Crippen molar-refractivity contribution in [3.8, 4) is 0 Å². The van der Waals surface area contributed by atoms with E-state index in [2.05, 4.69) is 20.4 Å². The quantitative estimate of drug-likeness (QED) is 0.692. The Balaban J connectivity index is 2.42. The van der Waals surface area contributed by atoms with E-state index in [0.717, 1.165) is 11.1 Å². The molecule has 0 aliphatic rings. The maximum absolute atomic E-state index is 8.56. The van der Waals surface area contributed by atoms with E-state index >= 15 is 0 Å². The van der Waals surface area contributed by atoms with Crippen LogP contribution >= 0.6 is 0 Å². The molecular weight excluding hydrogens is 168 g/mol. The van der Waals surface area contributed by atoms with Crippen molar-refractivity contribution >= 4 is 17.2 Å². The summed E-state index contributed by atoms with van der Waals surface area (Å²) in [5, 5.41) is 18.8. The van der Waals surface area contributed by atoms with Crippen molar-refractivity contribution < 1.29 is 5.11 Å². The Bertz CT molecular complexity index is 434. The molecule has 2 aromatic rings. The molecule has 2 heterocycles. The first kappa shape index (κ1) is 7.88. The molecule has 0 saturated carbocycles. The van der Waals surface area contributed by atoms with Gasteiger partial charge in [0.2, 0.25) is 5.65 Å². The summed E-state index contributed by atoms with van der Waals surface area (Å²) in [5.41, 5.74) is 2.22. The Morgan fingerprint density at radius 2 is 2.38 bits per heavy atom. The van der Waals surface area contributed by atoms with Crippen molar-refractivity contribution in [3.63, 3.8) is 0 Å². The number of aromatic nitrogens is 4. The molecule has 0 atom stereocenters. The van der Waals surface area contributed by atoms with Gasteiger partial charge in [-0.2, -0.15) is 10.3 Å². The van der Waals surface area contributed by atoms with Crippen molar-refractivity contribution in [2.24, 2.45) is 0 Å². The van der Waals surface area contributed by atoms with Gasteiger partial charge in [0, 0.05) is 6.20 Å². The van der Waals surface area contributed by atoms with E-state index in [4.69, 9.17) is 5.11 Å². The Morgan fingerprint density at radius 3 is 3.23 bits per heavy atom. The highest BCUT2D eigenvalue weighted by Gasteiger charge is 1.97. The van der Waals surface area contributed by atoms with Gasteiger partial charge in [0.05, 0.1) is 6.61 Å². The first-order valence-corrected chi connectivity index (χ1v) is 3.84. The minimum absolute atomic E-state index is 0.0247. The van der Waals surface area contributed by atoms with Crippen LogP contribution in [0.25, 0.3) is 17.2 Å². The molecule has 0 fully saturated rings. The average Bonchev–Trinajstić information content (AvgIpc) is 2.61. The van der Waals surface area contributed by atoms with Crippen LogP contribution in [0.5, 0.6) is 0 Å². The normalized spacial score (nSPS) is 11.5. The molecule has 2 aromatic heterocycles. The van der Waals surface area contributed by atoms with E-state index in [0.29, 0.717) is 5.65 Å². The lowest BCUT2D eigenvalue weighted by molar-refractivity contribution is 0.343. The summed E-state index contributed by atoms with van der Waals surface area (Å²) < 4.78 is 0. The van der Waals surface area contributed by atoms with Crippen LogP contribution in [-0.4, -0.2) is 32.1 Å². The highest BCUT2D eigenvalue weighted by molar-refractivity contribution is 5.72. The zero-order chi connectivity index (χ0) is 9.10. The van der Waals surface area contributed by atoms with E-state index in [-0.39, 0.29) is 6.61 Å². The lowest BCUT2D eigenvalue weighted by Gasteiger charge is -1.90. The number of fused-ring (bicyclic) bond motifs is 1. The largest absolute Gasteiger partial charge is 0.392 e. The number of hydrogen-bond acceptors (Lipinski definition) is 4. The number of rotatable bonds is 2. The maximum atomic E-state index is 8.56. The number of pyridine rings is 1. The molecule has 2 rings (SSSR count). The molecule has 66 valence electrons. The Morgan fingerprint density at radius 1 is 1.46 bits per heavy atom. The molecule has 0 spiro atoms. The highest BCUT2D eigenvalue weighted by atomic mass is 16.2. The third-order valence-corrected chi connectivity index (χ3v) is 1.61. The first-order valence-electron chi connectivity index (χ1n) is 3.84. The van der Waals surface area contributed by atoms with Crippen molar-refractivity contribution in [1.29, 1.82) is 0 Å². The minimum Gasteiger partial charge on any atom is -0.392 e. The minimum atomic E-state index is 0.0247. The van der Waals surface area contributed by atoms with Crippen LogP contribution in [0.1, 0.15) is 5.56 Å². The highest BCUT2D eigenvalue weighted by Crippen LogP contribution is 2.08. The van der Waals surface area contributed by atoms with E-state index in [1.165, 1.54) is 0 Å². The van der Waals surface area contributed by atoms with Gasteiger partial charge < -0.3 is 5.11 Å². The number of H-pyrrole nitrogens is 1. The fourth-order valence-electron chi connectivity index (χ4n) is 1.04. The molecule has 0 radical (unpaired) electrons. The van der Waals surface area contributed by atoms with E-state index < -0.39 is 0 Å². The zero-order valence-electron chi connectivity index (χ0n) is 6.81. The van der Waals surface area contributed by atoms with Crippen LogP contribution in [0.4, 0.5) is 0 Å². The molecule has 13 heavy (non-hydrogen) atoms. The van der Waals surface area contributed by atoms with E-state index in [1.54, 1.807) is 18.3 Å². The van der Waals surface area contributed by atoms with Gasteiger partial charge in [-0.25, -0.2) is 4.98 Å². The van der Waals surface area contributed by atoms with Crippen molar-refractivity contribution in [3.05, 3.63) is 23.9 Å². The fraction of sp³-hybridized carbons (Fsp3) is 0.125. The van der Waals surface area contributed by atoms with Gasteiger partial charge in [-0.05, 0) is 11.6 Å². The predicted molar refractivity (Wildman–Crippen MR) is 47.8 cm³/mol. The summed E-state index contributed by atoms with van der Waals surface area (Å²) >= 11 is 0. The summed E-state index contributed by atoms with van der Waals surface area (Å²) in [5.74, 6) is 0. The Hall–Kier alpha value is -1.75. The van der Waals surface area contributed by atoms with Gasteiger partial charge in [0.1, 0.15) is 5.52 Å². The number of nitrogens with one attached hydrogen (secondary N) is 1. The van der Waals surface area contributed by atoms with Crippen LogP contribution in [0, 0.1) is 0 Å². The predicted octanol–water partition coefficient (Wildman–Crippen LogP) is 0.358. The number of aliphatic hydroxyl groups excluding tert-OH is 1.